The van der Waals surface area contributed by atoms with Crippen molar-refractivity contribution in [2.75, 3.05) is 0 Å². The molecule has 0 bridgehead atoms. The third-order valence-electron chi connectivity index (χ3n) is 11.3. The fraction of sp³-hybridized carbons (Fsp3) is 0.182. The maximum Gasteiger partial charge on any atom is 0.235 e. The molecule has 0 fully saturated rings. The van der Waals surface area contributed by atoms with Gasteiger partial charge in [-0.15, -0.1) is 0 Å². The second kappa shape index (κ2) is 9.62. The molecule has 3 nitrogen and oxygen atoms in total. The normalized spacial score (nSPS) is 19.6. The predicted molar refractivity (Wildman–Crippen MR) is 196 cm³/mol. The van der Waals surface area contributed by atoms with Crippen molar-refractivity contribution in [1.82, 2.24) is 14.5 Å². The number of fused-ring (bicyclic) bond motifs is 8. The first-order valence-electron chi connectivity index (χ1n) is 17.0. The molecule has 0 saturated heterocycles. The highest BCUT2D eigenvalue weighted by atomic mass is 15.2. The SMILES string of the molecule is CC1C(c2nc(-n3c4ccccc4c4cc5cccc6c5c(c43)-c3ccccc3C6(C)C)nc3ccccc23)=CC=C2C=CCCC21. The molecule has 2 atom stereocenters. The lowest BCUT2D eigenvalue weighted by Gasteiger charge is -2.35. The van der Waals surface area contributed by atoms with E-state index in [1.165, 1.54) is 66.9 Å². The monoisotopic (exact) mass is 605 g/mol. The molecule has 0 spiro atoms. The first kappa shape index (κ1) is 26.9. The van der Waals surface area contributed by atoms with Crippen LogP contribution in [0.25, 0.3) is 66.1 Å². The Labute approximate surface area is 274 Å². The number of aromatic nitrogens is 3. The molecule has 2 unspecified atom stereocenters. The Morgan fingerprint density at radius 3 is 2.47 bits per heavy atom. The van der Waals surface area contributed by atoms with Gasteiger partial charge < -0.3 is 0 Å². The summed E-state index contributed by atoms with van der Waals surface area (Å²) in [6.45, 7) is 7.11. The minimum Gasteiger partial charge on any atom is -0.277 e. The maximum absolute atomic E-state index is 5.57. The van der Waals surface area contributed by atoms with Gasteiger partial charge >= 0.3 is 0 Å². The van der Waals surface area contributed by atoms with Crippen molar-refractivity contribution < 1.29 is 0 Å². The van der Waals surface area contributed by atoms with Crippen LogP contribution in [0.3, 0.4) is 0 Å². The van der Waals surface area contributed by atoms with Crippen LogP contribution >= 0.6 is 0 Å². The summed E-state index contributed by atoms with van der Waals surface area (Å²) in [5, 5.41) is 6.18. The summed E-state index contributed by atoms with van der Waals surface area (Å²) >= 11 is 0. The highest BCUT2D eigenvalue weighted by Gasteiger charge is 2.36. The molecule has 3 heteroatoms. The smallest absolute Gasteiger partial charge is 0.235 e. The summed E-state index contributed by atoms with van der Waals surface area (Å²) < 4.78 is 2.36. The average Bonchev–Trinajstić information content (AvgIpc) is 3.44. The number of hydrogen-bond donors (Lipinski definition) is 0. The Bertz CT molecular complexity index is 2570. The zero-order chi connectivity index (χ0) is 31.4. The van der Waals surface area contributed by atoms with Crippen molar-refractivity contribution >= 4 is 49.1 Å². The first-order valence-corrected chi connectivity index (χ1v) is 17.0. The summed E-state index contributed by atoms with van der Waals surface area (Å²) in [6.07, 6.45) is 11.6. The van der Waals surface area contributed by atoms with Gasteiger partial charge in [0.25, 0.3) is 0 Å². The predicted octanol–water partition coefficient (Wildman–Crippen LogP) is 11.1. The summed E-state index contributed by atoms with van der Waals surface area (Å²) in [6, 6.07) is 35.5. The number of allylic oxidation sites excluding steroid dienone is 6. The Morgan fingerprint density at radius 1 is 0.766 bits per heavy atom. The largest absolute Gasteiger partial charge is 0.277 e. The molecule has 10 rings (SSSR count). The van der Waals surface area contributed by atoms with Gasteiger partial charge in [-0.2, -0.15) is 0 Å². The van der Waals surface area contributed by atoms with E-state index in [0.29, 0.717) is 11.8 Å². The van der Waals surface area contributed by atoms with E-state index in [9.17, 15) is 0 Å². The molecule has 3 aliphatic rings. The molecular weight excluding hydrogens is 571 g/mol. The highest BCUT2D eigenvalue weighted by Crippen LogP contribution is 2.52. The molecule has 0 saturated carbocycles. The average molecular weight is 606 g/mol. The third kappa shape index (κ3) is 3.63. The molecule has 0 N–H and O–H groups in total. The molecule has 0 amide bonds. The quantitative estimate of drug-likeness (QED) is 0.196. The minimum atomic E-state index is -0.121. The standard InChI is InChI=1S/C44H35N3/c1-26-29-15-5-4-13-27(29)23-24-30(26)41-33-18-7-10-21-37(33)45-43(46-41)47-38-22-11-8-16-31(38)34-25-28-14-12-20-36-39(28)40(42(34)47)32-17-6-9-19-35(32)44(36,2)3/h4,6-14,16-26,29H,5,15H2,1-3H3. The van der Waals surface area contributed by atoms with Gasteiger partial charge in [-0.3, -0.25) is 4.57 Å². The van der Waals surface area contributed by atoms with Crippen molar-refractivity contribution in [3.8, 4) is 17.1 Å². The molecule has 0 radical (unpaired) electrons. The van der Waals surface area contributed by atoms with Crippen molar-refractivity contribution in [2.24, 2.45) is 11.8 Å². The van der Waals surface area contributed by atoms with E-state index in [-0.39, 0.29) is 5.41 Å². The lowest BCUT2D eigenvalue weighted by Crippen LogP contribution is -2.23. The fourth-order valence-corrected chi connectivity index (χ4v) is 9.02. The number of para-hydroxylation sites is 2. The second-order valence-corrected chi connectivity index (χ2v) is 14.1. The van der Waals surface area contributed by atoms with Crippen molar-refractivity contribution in [3.05, 3.63) is 144 Å². The van der Waals surface area contributed by atoms with Crippen LogP contribution in [0, 0.1) is 11.8 Å². The zero-order valence-corrected chi connectivity index (χ0v) is 27.0. The van der Waals surface area contributed by atoms with Crippen LogP contribution in [0.15, 0.2) is 127 Å². The Morgan fingerprint density at radius 2 is 1.55 bits per heavy atom. The Hall–Kier alpha value is -5.28. The first-order chi connectivity index (χ1) is 23.0. The van der Waals surface area contributed by atoms with E-state index < -0.39 is 0 Å². The molecule has 0 aliphatic heterocycles. The van der Waals surface area contributed by atoms with Crippen molar-refractivity contribution in [1.29, 1.82) is 0 Å². The van der Waals surface area contributed by atoms with Gasteiger partial charge in [-0.25, -0.2) is 9.97 Å². The number of hydrogen-bond acceptors (Lipinski definition) is 2. The van der Waals surface area contributed by atoms with E-state index in [1.807, 2.05) is 0 Å². The third-order valence-corrected chi connectivity index (χ3v) is 11.3. The van der Waals surface area contributed by atoms with Crippen LogP contribution in [0.2, 0.25) is 0 Å². The summed E-state index contributed by atoms with van der Waals surface area (Å²) in [7, 11) is 0. The van der Waals surface area contributed by atoms with Crippen LogP contribution in [0.4, 0.5) is 0 Å². The van der Waals surface area contributed by atoms with Gasteiger partial charge in [0, 0.05) is 27.1 Å². The molecule has 3 aliphatic carbocycles. The van der Waals surface area contributed by atoms with E-state index >= 15 is 0 Å². The molecule has 7 aromatic rings. The number of nitrogens with zero attached hydrogens (tertiary/aromatic N) is 3. The number of benzene rings is 5. The van der Waals surface area contributed by atoms with Gasteiger partial charge in [0.15, 0.2) is 0 Å². The van der Waals surface area contributed by atoms with Crippen molar-refractivity contribution in [2.45, 2.75) is 39.0 Å². The molecule has 226 valence electrons. The van der Waals surface area contributed by atoms with Crippen LogP contribution < -0.4 is 0 Å². The van der Waals surface area contributed by atoms with Crippen LogP contribution in [0.5, 0.6) is 0 Å². The van der Waals surface area contributed by atoms with Gasteiger partial charge in [0.1, 0.15) is 0 Å². The van der Waals surface area contributed by atoms with E-state index in [0.717, 1.165) is 34.5 Å². The molecule has 47 heavy (non-hydrogen) atoms. The highest BCUT2D eigenvalue weighted by molar-refractivity contribution is 6.22. The minimum absolute atomic E-state index is 0.121. The summed E-state index contributed by atoms with van der Waals surface area (Å²) in [5.74, 6) is 1.61. The van der Waals surface area contributed by atoms with Crippen LogP contribution in [-0.2, 0) is 5.41 Å². The molecule has 2 heterocycles. The summed E-state index contributed by atoms with van der Waals surface area (Å²) in [5.41, 5.74) is 12.3. The zero-order valence-electron chi connectivity index (χ0n) is 27.0. The summed E-state index contributed by atoms with van der Waals surface area (Å²) in [4.78, 5) is 10.9. The van der Waals surface area contributed by atoms with E-state index in [1.54, 1.807) is 0 Å². The van der Waals surface area contributed by atoms with Crippen molar-refractivity contribution in [3.63, 3.8) is 0 Å². The topological polar surface area (TPSA) is 30.7 Å². The van der Waals surface area contributed by atoms with Crippen LogP contribution in [0.1, 0.15) is 50.4 Å². The maximum atomic E-state index is 5.57. The molecule has 2 aromatic heterocycles. The van der Waals surface area contributed by atoms with E-state index in [2.05, 4.69) is 147 Å². The van der Waals surface area contributed by atoms with Gasteiger partial charge in [0.05, 0.1) is 22.2 Å². The van der Waals surface area contributed by atoms with Gasteiger partial charge in [0.2, 0.25) is 5.95 Å². The van der Waals surface area contributed by atoms with E-state index in [4.69, 9.17) is 9.97 Å². The number of rotatable bonds is 2. The lowest BCUT2D eigenvalue weighted by molar-refractivity contribution is 0.460. The Balaban J connectivity index is 1.36. The fourth-order valence-electron chi connectivity index (χ4n) is 9.02. The molecular formula is C44H35N3. The Kier molecular flexibility index (Phi) is 5.50. The second-order valence-electron chi connectivity index (χ2n) is 14.1. The van der Waals surface area contributed by atoms with Gasteiger partial charge in [-0.05, 0) is 81.5 Å². The van der Waals surface area contributed by atoms with Gasteiger partial charge in [-0.1, -0.05) is 124 Å². The lowest BCUT2D eigenvalue weighted by atomic mass is 9.68. The molecule has 5 aromatic carbocycles. The van der Waals surface area contributed by atoms with Crippen LogP contribution in [-0.4, -0.2) is 14.5 Å².